The van der Waals surface area contributed by atoms with Crippen molar-refractivity contribution in [2.24, 2.45) is 0 Å². The number of halogens is 1. The molecule has 2 aromatic heterocycles. The standard InChI is InChI=1S/C32H36ClN7O2/c1-4-29(41)39-12-11-24(20-39)40-30-22(18-26(31(40)42)25-7-5-6-8-27(25)33)19-34-32(36-30)35-23-9-10-28(21(2)17-23)38-15-13-37(3)14-16-38/h5-10,17-19,24H,4,11-16,20H2,1-3H3,(H,34,35,36)/t24-/m0/s1. The van der Waals surface area contributed by atoms with Crippen LogP contribution in [0.4, 0.5) is 17.3 Å². The minimum absolute atomic E-state index is 0.0875. The molecule has 0 aliphatic carbocycles. The number of amides is 1. The predicted octanol–water partition coefficient (Wildman–Crippen LogP) is 5.10. The topological polar surface area (TPSA) is 86.6 Å². The van der Waals surface area contributed by atoms with E-state index in [0.717, 1.165) is 37.3 Å². The highest BCUT2D eigenvalue weighted by Gasteiger charge is 2.30. The summed E-state index contributed by atoms with van der Waals surface area (Å²) in [4.78, 5) is 42.7. The molecule has 1 amide bonds. The van der Waals surface area contributed by atoms with Gasteiger partial charge in [-0.25, -0.2) is 4.98 Å². The third-order valence-electron chi connectivity index (χ3n) is 8.42. The summed E-state index contributed by atoms with van der Waals surface area (Å²) in [5.41, 5.74) is 4.81. The molecule has 42 heavy (non-hydrogen) atoms. The summed E-state index contributed by atoms with van der Waals surface area (Å²) < 4.78 is 1.74. The lowest BCUT2D eigenvalue weighted by Gasteiger charge is -2.35. The van der Waals surface area contributed by atoms with E-state index in [9.17, 15) is 9.59 Å². The van der Waals surface area contributed by atoms with Crippen LogP contribution in [-0.2, 0) is 4.79 Å². The minimum Gasteiger partial charge on any atom is -0.369 e. The fraction of sp³-hybridized carbons (Fsp3) is 0.375. The van der Waals surface area contributed by atoms with Crippen molar-refractivity contribution in [1.29, 1.82) is 0 Å². The van der Waals surface area contributed by atoms with Crippen molar-refractivity contribution in [1.82, 2.24) is 24.3 Å². The van der Waals surface area contributed by atoms with E-state index in [2.05, 4.69) is 46.2 Å². The van der Waals surface area contributed by atoms with Crippen molar-refractivity contribution in [3.8, 4) is 11.1 Å². The van der Waals surface area contributed by atoms with E-state index >= 15 is 0 Å². The highest BCUT2D eigenvalue weighted by atomic mass is 35.5. The van der Waals surface area contributed by atoms with Crippen molar-refractivity contribution in [2.45, 2.75) is 32.7 Å². The Bertz CT molecular complexity index is 1700. The molecule has 9 nitrogen and oxygen atoms in total. The van der Waals surface area contributed by atoms with E-state index in [1.807, 2.05) is 42.2 Å². The van der Waals surface area contributed by atoms with Crippen LogP contribution in [0.1, 0.15) is 31.4 Å². The van der Waals surface area contributed by atoms with Gasteiger partial charge in [0.05, 0.1) is 6.04 Å². The van der Waals surface area contributed by atoms with Crippen LogP contribution in [0.15, 0.2) is 59.5 Å². The van der Waals surface area contributed by atoms with E-state index in [4.69, 9.17) is 16.6 Å². The van der Waals surface area contributed by atoms with Gasteiger partial charge in [-0.3, -0.25) is 14.2 Å². The SMILES string of the molecule is CCC(=O)N1CC[C@H](n2c(=O)c(-c3ccccc3Cl)cc3cnc(Nc4ccc(N5CCN(C)CC5)c(C)c4)nc32)C1. The van der Waals surface area contributed by atoms with E-state index in [1.54, 1.807) is 16.8 Å². The molecule has 0 spiro atoms. The molecule has 6 rings (SSSR count). The first-order chi connectivity index (χ1) is 20.3. The Morgan fingerprint density at radius 1 is 1.05 bits per heavy atom. The van der Waals surface area contributed by atoms with E-state index < -0.39 is 0 Å². The average Bonchev–Trinajstić information content (AvgIpc) is 3.47. The predicted molar refractivity (Wildman–Crippen MR) is 169 cm³/mol. The number of hydrogen-bond acceptors (Lipinski definition) is 7. The maximum atomic E-state index is 14.1. The molecular weight excluding hydrogens is 550 g/mol. The third-order valence-corrected chi connectivity index (χ3v) is 8.75. The van der Waals surface area contributed by atoms with Gasteiger partial charge in [-0.05, 0) is 56.3 Å². The number of aryl methyl sites for hydroxylation is 1. The molecule has 0 unspecified atom stereocenters. The van der Waals surface area contributed by atoms with Crippen LogP contribution in [0.5, 0.6) is 0 Å². The molecule has 0 radical (unpaired) electrons. The largest absolute Gasteiger partial charge is 0.369 e. The first kappa shape index (κ1) is 28.2. The molecule has 2 aliphatic rings. The molecule has 10 heteroatoms. The highest BCUT2D eigenvalue weighted by molar-refractivity contribution is 6.33. The Hall–Kier alpha value is -3.95. The van der Waals surface area contributed by atoms with Gasteiger partial charge in [0.25, 0.3) is 5.56 Å². The molecule has 1 N–H and O–H groups in total. The number of carbonyl (C=O) groups excluding carboxylic acids is 1. The quantitative estimate of drug-likeness (QED) is 0.337. The molecule has 2 aromatic carbocycles. The monoisotopic (exact) mass is 585 g/mol. The normalized spacial score (nSPS) is 17.7. The maximum absolute atomic E-state index is 14.1. The fourth-order valence-corrected chi connectivity index (χ4v) is 6.30. The number of likely N-dealkylation sites (N-methyl/N-ethyl adjacent to an activating group) is 1. The second-order valence-corrected chi connectivity index (χ2v) is 11.6. The number of nitrogens with zero attached hydrogens (tertiary/aromatic N) is 6. The van der Waals surface area contributed by atoms with Gasteiger partial charge in [0.15, 0.2) is 0 Å². The Balaban J connectivity index is 1.37. The van der Waals surface area contributed by atoms with E-state index in [-0.39, 0.29) is 17.5 Å². The number of hydrogen-bond donors (Lipinski definition) is 1. The average molecular weight is 586 g/mol. The number of aromatic nitrogens is 3. The second-order valence-electron chi connectivity index (χ2n) is 11.2. The van der Waals surface area contributed by atoms with Gasteiger partial charge in [0.1, 0.15) is 5.65 Å². The van der Waals surface area contributed by atoms with Gasteiger partial charge >= 0.3 is 0 Å². The van der Waals surface area contributed by atoms with E-state index in [1.165, 1.54) is 11.3 Å². The van der Waals surface area contributed by atoms with Crippen LogP contribution in [0.2, 0.25) is 5.02 Å². The number of fused-ring (bicyclic) bond motifs is 1. The molecule has 2 aliphatic heterocycles. The fourth-order valence-electron chi connectivity index (χ4n) is 6.06. The zero-order valence-electron chi connectivity index (χ0n) is 24.3. The number of benzene rings is 2. The summed E-state index contributed by atoms with van der Waals surface area (Å²) in [7, 11) is 2.16. The molecule has 2 saturated heterocycles. The minimum atomic E-state index is -0.203. The summed E-state index contributed by atoms with van der Waals surface area (Å²) in [5.74, 6) is 0.497. The lowest BCUT2D eigenvalue weighted by Crippen LogP contribution is -2.44. The molecule has 4 heterocycles. The van der Waals surface area contributed by atoms with Gasteiger partial charge in [-0.1, -0.05) is 36.7 Å². The molecule has 0 bridgehead atoms. The van der Waals surface area contributed by atoms with Crippen molar-refractivity contribution < 1.29 is 4.79 Å². The van der Waals surface area contributed by atoms with Crippen LogP contribution in [0.25, 0.3) is 22.2 Å². The number of piperazine rings is 1. The number of carbonyl (C=O) groups is 1. The van der Waals surface area contributed by atoms with Crippen molar-refractivity contribution in [3.63, 3.8) is 0 Å². The Labute approximate surface area is 250 Å². The van der Waals surface area contributed by atoms with Crippen molar-refractivity contribution in [2.75, 3.05) is 56.5 Å². The molecule has 218 valence electrons. The number of pyridine rings is 1. The van der Waals surface area contributed by atoms with Crippen molar-refractivity contribution >= 4 is 45.9 Å². The lowest BCUT2D eigenvalue weighted by molar-refractivity contribution is -0.129. The zero-order valence-corrected chi connectivity index (χ0v) is 25.1. The molecule has 4 aromatic rings. The first-order valence-electron chi connectivity index (χ1n) is 14.6. The molecule has 2 fully saturated rings. The van der Waals surface area contributed by atoms with Gasteiger partial charge in [-0.15, -0.1) is 0 Å². The second kappa shape index (κ2) is 11.7. The summed E-state index contributed by atoms with van der Waals surface area (Å²) in [6.07, 6.45) is 2.86. The number of rotatable bonds is 6. The van der Waals surface area contributed by atoms with Crippen LogP contribution in [0, 0.1) is 6.92 Å². The smallest absolute Gasteiger partial charge is 0.260 e. The highest BCUT2D eigenvalue weighted by Crippen LogP contribution is 2.31. The zero-order chi connectivity index (χ0) is 29.4. The summed E-state index contributed by atoms with van der Waals surface area (Å²) in [5, 5.41) is 4.59. The van der Waals surface area contributed by atoms with Crippen molar-refractivity contribution in [3.05, 3.63) is 75.7 Å². The first-order valence-corrected chi connectivity index (χ1v) is 15.0. The van der Waals surface area contributed by atoms with Crippen LogP contribution in [-0.4, -0.2) is 76.6 Å². The van der Waals surface area contributed by atoms with Gasteiger partial charge < -0.3 is 20.0 Å². The van der Waals surface area contributed by atoms with Gasteiger partial charge in [-0.2, -0.15) is 4.98 Å². The molecule has 0 saturated carbocycles. The number of nitrogens with one attached hydrogen (secondary N) is 1. The van der Waals surface area contributed by atoms with Crippen LogP contribution in [0.3, 0.4) is 0 Å². The third kappa shape index (κ3) is 5.46. The number of anilines is 3. The van der Waals surface area contributed by atoms with Gasteiger partial charge in [0.2, 0.25) is 11.9 Å². The summed E-state index contributed by atoms with van der Waals surface area (Å²) in [6, 6.07) is 15.3. The van der Waals surface area contributed by atoms with E-state index in [0.29, 0.717) is 53.7 Å². The Morgan fingerprint density at radius 2 is 1.83 bits per heavy atom. The summed E-state index contributed by atoms with van der Waals surface area (Å²) >= 11 is 6.53. The molecule has 1 atom stereocenters. The Kier molecular flexibility index (Phi) is 7.88. The Morgan fingerprint density at radius 3 is 2.57 bits per heavy atom. The summed E-state index contributed by atoms with van der Waals surface area (Å²) in [6.45, 7) is 9.18. The molecular formula is C32H36ClN7O2. The van der Waals surface area contributed by atoms with Crippen LogP contribution >= 0.6 is 11.6 Å². The number of likely N-dealkylation sites (tertiary alicyclic amines) is 1. The van der Waals surface area contributed by atoms with Gasteiger partial charge in [0, 0.05) is 84.8 Å². The maximum Gasteiger partial charge on any atom is 0.260 e. The lowest BCUT2D eigenvalue weighted by atomic mass is 10.1. The van der Waals surface area contributed by atoms with Crippen LogP contribution < -0.4 is 15.8 Å².